The first-order valence-corrected chi connectivity index (χ1v) is 8.75. The number of rotatable bonds is 8. The number of likely N-dealkylation sites (tertiary alicyclic amines) is 1. The number of hydrogen-bond donors (Lipinski definition) is 0. The zero-order valence-corrected chi connectivity index (χ0v) is 15.2. The Morgan fingerprint density at radius 1 is 1.17 bits per heavy atom. The van der Waals surface area contributed by atoms with E-state index in [4.69, 9.17) is 4.74 Å². The van der Waals surface area contributed by atoms with E-state index in [9.17, 15) is 18.0 Å². The Balaban J connectivity index is 2.44. The van der Waals surface area contributed by atoms with Gasteiger partial charge in [-0.1, -0.05) is 27.7 Å². The van der Waals surface area contributed by atoms with E-state index < -0.39 is 18.6 Å². The van der Waals surface area contributed by atoms with Gasteiger partial charge in [0.2, 0.25) is 5.91 Å². The van der Waals surface area contributed by atoms with Crippen LogP contribution in [0.5, 0.6) is 0 Å². The largest absolute Gasteiger partial charge is 0.406 e. The van der Waals surface area contributed by atoms with E-state index in [1.165, 1.54) is 0 Å². The zero-order chi connectivity index (χ0) is 18.3. The molecule has 1 heterocycles. The van der Waals surface area contributed by atoms with Gasteiger partial charge in [0, 0.05) is 26.2 Å². The lowest BCUT2D eigenvalue weighted by molar-refractivity contribution is -0.163. The minimum atomic E-state index is -4.36. The molecule has 0 aliphatic carbocycles. The van der Waals surface area contributed by atoms with Crippen molar-refractivity contribution in [2.24, 2.45) is 11.8 Å². The summed E-state index contributed by atoms with van der Waals surface area (Å²) in [6.07, 6.45) is -2.52. The van der Waals surface area contributed by atoms with E-state index in [-0.39, 0.29) is 25.1 Å². The van der Waals surface area contributed by atoms with E-state index in [0.29, 0.717) is 19.0 Å². The molecule has 0 aromatic heterocycles. The number of amides is 1. The number of alkyl halides is 3. The highest BCUT2D eigenvalue weighted by Gasteiger charge is 2.34. The van der Waals surface area contributed by atoms with E-state index in [0.717, 1.165) is 24.3 Å². The maximum Gasteiger partial charge on any atom is 0.406 e. The topological polar surface area (TPSA) is 32.8 Å². The Morgan fingerprint density at radius 2 is 1.75 bits per heavy atom. The number of piperidine rings is 1. The molecule has 1 aliphatic rings. The molecule has 0 unspecified atom stereocenters. The summed E-state index contributed by atoms with van der Waals surface area (Å²) in [6, 6.07) is 0. The van der Waals surface area contributed by atoms with Gasteiger partial charge < -0.3 is 9.64 Å². The highest BCUT2D eigenvalue weighted by molar-refractivity contribution is 5.78. The highest BCUT2D eigenvalue weighted by atomic mass is 19.4. The molecule has 24 heavy (non-hydrogen) atoms. The van der Waals surface area contributed by atoms with Crippen molar-refractivity contribution in [3.8, 4) is 0 Å². The molecule has 0 aromatic carbocycles. The molecule has 0 atom stereocenters. The van der Waals surface area contributed by atoms with Crippen LogP contribution in [0.3, 0.4) is 0 Å². The van der Waals surface area contributed by atoms with Crippen molar-refractivity contribution >= 4 is 5.91 Å². The first-order valence-electron chi connectivity index (χ1n) is 8.75. The summed E-state index contributed by atoms with van der Waals surface area (Å²) in [7, 11) is 0. The van der Waals surface area contributed by atoms with Crippen LogP contribution in [-0.2, 0) is 9.53 Å². The van der Waals surface area contributed by atoms with E-state index >= 15 is 0 Å². The van der Waals surface area contributed by atoms with Crippen LogP contribution in [0.1, 0.15) is 40.5 Å². The lowest BCUT2D eigenvalue weighted by Gasteiger charge is -2.34. The van der Waals surface area contributed by atoms with Gasteiger partial charge >= 0.3 is 6.18 Å². The van der Waals surface area contributed by atoms with E-state index in [2.05, 4.69) is 13.8 Å². The fraction of sp³-hybridized carbons (Fsp3) is 0.941. The number of hydrogen-bond acceptors (Lipinski definition) is 3. The first-order chi connectivity index (χ1) is 11.1. The average Bonchev–Trinajstić information content (AvgIpc) is 2.43. The predicted octanol–water partition coefficient (Wildman–Crippen LogP) is 3.17. The normalized spacial score (nSPS) is 17.7. The van der Waals surface area contributed by atoms with Crippen LogP contribution in [-0.4, -0.2) is 67.3 Å². The van der Waals surface area contributed by atoms with Crippen molar-refractivity contribution in [3.63, 3.8) is 0 Å². The Hall–Kier alpha value is -0.820. The Kier molecular flexibility index (Phi) is 8.50. The quantitative estimate of drug-likeness (QED) is 0.673. The van der Waals surface area contributed by atoms with Crippen LogP contribution in [0.4, 0.5) is 13.2 Å². The van der Waals surface area contributed by atoms with E-state index in [1.807, 2.05) is 18.7 Å². The minimum Gasteiger partial charge on any atom is -0.378 e. The van der Waals surface area contributed by atoms with E-state index in [1.54, 1.807) is 0 Å². The Labute approximate surface area is 143 Å². The van der Waals surface area contributed by atoms with Gasteiger partial charge in [0.15, 0.2) is 0 Å². The van der Waals surface area contributed by atoms with Gasteiger partial charge in [0.1, 0.15) is 6.54 Å². The minimum absolute atomic E-state index is 0.00599. The lowest BCUT2D eigenvalue weighted by Crippen LogP contribution is -2.48. The number of nitrogens with zero attached hydrogens (tertiary/aromatic N) is 2. The molecule has 1 amide bonds. The summed E-state index contributed by atoms with van der Waals surface area (Å²) in [5.74, 6) is 0.0469. The maximum atomic E-state index is 12.7. The molecule has 1 aliphatic heterocycles. The molecule has 0 N–H and O–H groups in total. The first kappa shape index (κ1) is 21.2. The van der Waals surface area contributed by atoms with Gasteiger partial charge in [-0.15, -0.1) is 0 Å². The summed E-state index contributed by atoms with van der Waals surface area (Å²) in [5.41, 5.74) is 0. The number of ether oxygens (including phenoxy) is 1. The van der Waals surface area contributed by atoms with Crippen LogP contribution in [0.2, 0.25) is 0 Å². The van der Waals surface area contributed by atoms with Crippen LogP contribution >= 0.6 is 0 Å². The van der Waals surface area contributed by atoms with Crippen molar-refractivity contribution in [1.29, 1.82) is 0 Å². The van der Waals surface area contributed by atoms with Gasteiger partial charge in [-0.05, 0) is 24.7 Å². The molecule has 0 aromatic rings. The molecule has 7 heteroatoms. The van der Waals surface area contributed by atoms with Crippen molar-refractivity contribution in [2.75, 3.05) is 39.3 Å². The van der Waals surface area contributed by atoms with Crippen LogP contribution in [0, 0.1) is 11.8 Å². The maximum absolute atomic E-state index is 12.7. The van der Waals surface area contributed by atoms with Gasteiger partial charge in [0.25, 0.3) is 0 Å². The lowest BCUT2D eigenvalue weighted by atomic mass is 10.1. The SMILES string of the molecule is CC(C)COC1CCN(CC(=O)N(CC(C)C)CC(F)(F)F)CC1. The smallest absolute Gasteiger partial charge is 0.378 e. The molecule has 4 nitrogen and oxygen atoms in total. The van der Waals surface area contributed by atoms with Gasteiger partial charge in [-0.2, -0.15) is 13.2 Å². The van der Waals surface area contributed by atoms with Crippen molar-refractivity contribution in [1.82, 2.24) is 9.80 Å². The Morgan fingerprint density at radius 3 is 2.21 bits per heavy atom. The monoisotopic (exact) mass is 352 g/mol. The molecule has 0 spiro atoms. The third-order valence-corrected chi connectivity index (χ3v) is 3.87. The second-order valence-electron chi connectivity index (χ2n) is 7.49. The van der Waals surface area contributed by atoms with Crippen LogP contribution in [0.15, 0.2) is 0 Å². The molecule has 1 saturated heterocycles. The van der Waals surface area contributed by atoms with Gasteiger partial charge in [-0.3, -0.25) is 9.69 Å². The molecular weight excluding hydrogens is 321 g/mol. The zero-order valence-electron chi connectivity index (χ0n) is 15.2. The second-order valence-corrected chi connectivity index (χ2v) is 7.49. The number of halogens is 3. The summed E-state index contributed by atoms with van der Waals surface area (Å²) in [4.78, 5) is 15.1. The van der Waals surface area contributed by atoms with Crippen molar-refractivity contribution in [3.05, 3.63) is 0 Å². The molecule has 142 valence electrons. The molecule has 0 saturated carbocycles. The third kappa shape index (κ3) is 8.87. The summed E-state index contributed by atoms with van der Waals surface area (Å²) in [6.45, 7) is 8.94. The predicted molar refractivity (Wildman–Crippen MR) is 87.7 cm³/mol. The van der Waals surface area contributed by atoms with Crippen LogP contribution in [0.25, 0.3) is 0 Å². The average molecular weight is 352 g/mol. The number of carbonyl (C=O) groups excluding carboxylic acids is 1. The fourth-order valence-electron chi connectivity index (χ4n) is 2.77. The van der Waals surface area contributed by atoms with Gasteiger partial charge in [0.05, 0.1) is 12.6 Å². The fourth-order valence-corrected chi connectivity index (χ4v) is 2.77. The summed E-state index contributed by atoms with van der Waals surface area (Å²) < 4.78 is 43.8. The van der Waals surface area contributed by atoms with Crippen molar-refractivity contribution < 1.29 is 22.7 Å². The second kappa shape index (κ2) is 9.61. The third-order valence-electron chi connectivity index (χ3n) is 3.87. The highest BCUT2D eigenvalue weighted by Crippen LogP contribution is 2.19. The molecule has 1 fully saturated rings. The van der Waals surface area contributed by atoms with Gasteiger partial charge in [-0.25, -0.2) is 0 Å². The number of carbonyl (C=O) groups is 1. The molecule has 1 rings (SSSR count). The van der Waals surface area contributed by atoms with Crippen molar-refractivity contribution in [2.45, 2.75) is 52.8 Å². The molecule has 0 bridgehead atoms. The standard InChI is InChI=1S/C17H31F3N2O2/c1-13(2)9-22(12-17(18,19)20)16(23)10-21-7-5-15(6-8-21)24-11-14(3)4/h13-15H,5-12H2,1-4H3. The Bertz CT molecular complexity index is 379. The van der Waals surface area contributed by atoms with Crippen LogP contribution < -0.4 is 0 Å². The molecular formula is C17H31F3N2O2. The summed E-state index contributed by atoms with van der Waals surface area (Å²) in [5, 5.41) is 0. The summed E-state index contributed by atoms with van der Waals surface area (Å²) >= 11 is 0. The molecule has 0 radical (unpaired) electrons.